The average molecular weight is 678 g/mol. The van der Waals surface area contributed by atoms with Gasteiger partial charge in [0.25, 0.3) is 11.8 Å². The molecular weight excluding hydrogens is 648 g/mol. The maximum Gasteiger partial charge on any atom is 0.305 e. The monoisotopic (exact) mass is 677 g/mol. The Hall–Kier alpha value is -5.50. The summed E-state index contributed by atoms with van der Waals surface area (Å²) in [5.74, 6) is -3.30. The highest BCUT2D eigenvalue weighted by Gasteiger charge is 2.37. The van der Waals surface area contributed by atoms with Crippen LogP contribution in [-0.4, -0.2) is 68.5 Å². The van der Waals surface area contributed by atoms with Gasteiger partial charge in [-0.2, -0.15) is 4.68 Å². The summed E-state index contributed by atoms with van der Waals surface area (Å²) in [6, 6.07) is 11.6. The Morgan fingerprint density at radius 2 is 1.88 bits per heavy atom. The number of nitrogens with zero attached hydrogens (tertiary/aromatic N) is 5. The van der Waals surface area contributed by atoms with Crippen molar-refractivity contribution in [1.29, 1.82) is 0 Å². The van der Waals surface area contributed by atoms with Crippen LogP contribution in [0.3, 0.4) is 0 Å². The summed E-state index contributed by atoms with van der Waals surface area (Å²) in [6.45, 7) is 2.23. The normalized spacial score (nSPS) is 14.0. The minimum absolute atomic E-state index is 0.0305. The topological polar surface area (TPSA) is 148 Å². The van der Waals surface area contributed by atoms with Crippen LogP contribution in [0.25, 0.3) is 11.8 Å². The number of benzene rings is 3. The van der Waals surface area contributed by atoms with E-state index in [-0.39, 0.29) is 54.8 Å². The molecule has 0 radical (unpaired) electrons. The zero-order valence-electron chi connectivity index (χ0n) is 25.7. The van der Waals surface area contributed by atoms with Crippen molar-refractivity contribution in [3.8, 4) is 5.69 Å². The van der Waals surface area contributed by atoms with Gasteiger partial charge in [-0.15, -0.1) is 5.10 Å². The molecule has 12 nitrogen and oxygen atoms in total. The molecule has 248 valence electrons. The van der Waals surface area contributed by atoms with Gasteiger partial charge in [-0.05, 0) is 89.9 Å². The average Bonchev–Trinajstić information content (AvgIpc) is 3.62. The van der Waals surface area contributed by atoms with Crippen LogP contribution in [0.15, 0.2) is 67.0 Å². The van der Waals surface area contributed by atoms with Gasteiger partial charge in [0.2, 0.25) is 5.91 Å². The molecule has 0 saturated carbocycles. The van der Waals surface area contributed by atoms with Crippen LogP contribution in [0.2, 0.25) is 5.02 Å². The summed E-state index contributed by atoms with van der Waals surface area (Å²) in [5.41, 5.74) is 1.74. The van der Waals surface area contributed by atoms with Crippen molar-refractivity contribution in [2.75, 3.05) is 25.0 Å². The van der Waals surface area contributed by atoms with E-state index in [0.717, 1.165) is 6.08 Å². The standard InChI is InChI=1S/C33H30ClF2N7O5/c1-2-48-29(45)7-4-17-37-32(46)24-6-3-5-23-22(24)16-18-42(31(23)33(47)39-21-10-8-20(35)9-11-21)28(44)15-12-25-27(43-19-38-40-41-43)14-13-26(34)30(25)36/h3,5-6,8-15,19,31H,2,4,7,16-18H2,1H3,(H,37,46)(H,39,47)/b15-12+. The number of rotatable bonds is 11. The summed E-state index contributed by atoms with van der Waals surface area (Å²) in [6.07, 6.45) is 4.35. The highest BCUT2D eigenvalue weighted by molar-refractivity contribution is 6.31. The van der Waals surface area contributed by atoms with Crippen molar-refractivity contribution in [3.63, 3.8) is 0 Å². The van der Waals surface area contributed by atoms with Gasteiger partial charge in [-0.25, -0.2) is 8.78 Å². The fraction of sp³-hybridized carbons (Fsp3) is 0.242. The van der Waals surface area contributed by atoms with Gasteiger partial charge in [0.05, 0.1) is 17.3 Å². The predicted octanol–water partition coefficient (Wildman–Crippen LogP) is 4.44. The van der Waals surface area contributed by atoms with Crippen molar-refractivity contribution >= 4 is 47.1 Å². The van der Waals surface area contributed by atoms with E-state index in [0.29, 0.717) is 28.8 Å². The lowest BCUT2D eigenvalue weighted by Crippen LogP contribution is -2.45. The molecule has 2 heterocycles. The van der Waals surface area contributed by atoms with Crippen LogP contribution in [0.1, 0.15) is 52.9 Å². The number of esters is 1. The van der Waals surface area contributed by atoms with E-state index < -0.39 is 35.4 Å². The van der Waals surface area contributed by atoms with Crippen molar-refractivity contribution in [2.45, 2.75) is 32.2 Å². The molecule has 1 aliphatic rings. The van der Waals surface area contributed by atoms with Crippen molar-refractivity contribution in [1.82, 2.24) is 30.4 Å². The third-order valence-corrected chi connectivity index (χ3v) is 7.85. The quantitative estimate of drug-likeness (QED) is 0.134. The molecule has 15 heteroatoms. The maximum atomic E-state index is 15.2. The number of carbonyl (C=O) groups excluding carboxylic acids is 4. The molecule has 0 saturated heterocycles. The van der Waals surface area contributed by atoms with Crippen molar-refractivity contribution < 1.29 is 32.7 Å². The number of ether oxygens (including phenoxy) is 1. The summed E-state index contributed by atoms with van der Waals surface area (Å²) in [5, 5.41) is 16.3. The molecule has 0 spiro atoms. The number of tetrazole rings is 1. The van der Waals surface area contributed by atoms with Crippen LogP contribution in [-0.2, 0) is 25.5 Å². The Balaban J connectivity index is 1.44. The van der Waals surface area contributed by atoms with E-state index in [9.17, 15) is 23.6 Å². The van der Waals surface area contributed by atoms with E-state index in [1.807, 2.05) is 0 Å². The van der Waals surface area contributed by atoms with Crippen LogP contribution >= 0.6 is 11.6 Å². The number of nitrogens with one attached hydrogen (secondary N) is 2. The molecule has 48 heavy (non-hydrogen) atoms. The van der Waals surface area contributed by atoms with E-state index >= 15 is 4.39 Å². The van der Waals surface area contributed by atoms with Crippen LogP contribution in [0, 0.1) is 11.6 Å². The second-order valence-electron chi connectivity index (χ2n) is 10.6. The first-order valence-corrected chi connectivity index (χ1v) is 15.4. The molecule has 0 aliphatic carbocycles. The molecule has 1 unspecified atom stereocenters. The number of fused-ring (bicyclic) bond motifs is 1. The van der Waals surface area contributed by atoms with Gasteiger partial charge in [0.1, 0.15) is 18.2 Å². The molecule has 0 bridgehead atoms. The molecule has 0 fully saturated rings. The molecule has 3 amide bonds. The fourth-order valence-electron chi connectivity index (χ4n) is 5.35. The molecule has 5 rings (SSSR count). The van der Waals surface area contributed by atoms with E-state index in [2.05, 4.69) is 26.2 Å². The lowest BCUT2D eigenvalue weighted by atomic mass is 9.88. The molecule has 2 N–H and O–H groups in total. The lowest BCUT2D eigenvalue weighted by molar-refractivity contribution is -0.143. The number of carbonyl (C=O) groups is 4. The SMILES string of the molecule is CCOC(=O)CCCNC(=O)c1cccc2c1CCN(C(=O)/C=C/c1c(-n3cnnn3)ccc(Cl)c1F)C2C(=O)Nc1ccc(F)cc1. The van der Waals surface area contributed by atoms with E-state index in [1.54, 1.807) is 25.1 Å². The largest absolute Gasteiger partial charge is 0.466 e. The number of halogens is 3. The summed E-state index contributed by atoms with van der Waals surface area (Å²) in [4.78, 5) is 53.8. The molecule has 3 aromatic carbocycles. The second kappa shape index (κ2) is 15.4. The van der Waals surface area contributed by atoms with E-state index in [4.69, 9.17) is 16.3 Å². The minimum Gasteiger partial charge on any atom is -0.466 e. The number of amides is 3. The van der Waals surface area contributed by atoms with Crippen molar-refractivity contribution in [2.24, 2.45) is 0 Å². The highest BCUT2D eigenvalue weighted by atomic mass is 35.5. The Kier molecular flexibility index (Phi) is 10.9. The smallest absolute Gasteiger partial charge is 0.305 e. The summed E-state index contributed by atoms with van der Waals surface area (Å²) >= 11 is 6.03. The van der Waals surface area contributed by atoms with Gasteiger partial charge in [0.15, 0.2) is 5.82 Å². The summed E-state index contributed by atoms with van der Waals surface area (Å²) in [7, 11) is 0. The third-order valence-electron chi connectivity index (χ3n) is 7.56. The third kappa shape index (κ3) is 7.72. The molecule has 1 atom stereocenters. The van der Waals surface area contributed by atoms with Crippen LogP contribution in [0.5, 0.6) is 0 Å². The molecular formula is C33H30ClF2N7O5. The number of anilines is 1. The Morgan fingerprint density at radius 1 is 1.08 bits per heavy atom. The second-order valence-corrected chi connectivity index (χ2v) is 11.0. The van der Waals surface area contributed by atoms with Crippen LogP contribution in [0.4, 0.5) is 14.5 Å². The van der Waals surface area contributed by atoms with Gasteiger partial charge in [-0.3, -0.25) is 19.2 Å². The first-order valence-electron chi connectivity index (χ1n) is 15.0. The van der Waals surface area contributed by atoms with Crippen molar-refractivity contribution in [3.05, 3.63) is 106 Å². The zero-order chi connectivity index (χ0) is 34.2. The number of aromatic nitrogens is 4. The zero-order valence-corrected chi connectivity index (χ0v) is 26.4. The lowest BCUT2D eigenvalue weighted by Gasteiger charge is -2.36. The van der Waals surface area contributed by atoms with Gasteiger partial charge in [-0.1, -0.05) is 23.7 Å². The molecule has 1 aliphatic heterocycles. The highest BCUT2D eigenvalue weighted by Crippen LogP contribution is 2.34. The first kappa shape index (κ1) is 33.9. The fourth-order valence-corrected chi connectivity index (χ4v) is 5.51. The minimum atomic E-state index is -1.21. The maximum absolute atomic E-state index is 15.2. The van der Waals surface area contributed by atoms with Crippen LogP contribution < -0.4 is 10.6 Å². The Labute approximate surface area is 278 Å². The Bertz CT molecular complexity index is 1850. The first-order chi connectivity index (χ1) is 23.2. The number of hydrogen-bond acceptors (Lipinski definition) is 8. The van der Waals surface area contributed by atoms with Gasteiger partial charge >= 0.3 is 5.97 Å². The predicted molar refractivity (Wildman–Crippen MR) is 171 cm³/mol. The van der Waals surface area contributed by atoms with E-state index in [1.165, 1.54) is 58.4 Å². The summed E-state index contributed by atoms with van der Waals surface area (Å²) < 4.78 is 34.9. The number of hydrogen-bond donors (Lipinski definition) is 2. The molecule has 4 aromatic rings. The van der Waals surface area contributed by atoms with Gasteiger partial charge in [0, 0.05) is 42.4 Å². The Morgan fingerprint density at radius 3 is 2.60 bits per heavy atom. The molecule has 1 aromatic heterocycles. The van der Waals surface area contributed by atoms with Gasteiger partial charge < -0.3 is 20.3 Å².